The summed E-state index contributed by atoms with van der Waals surface area (Å²) in [7, 11) is 1.57. The Bertz CT molecular complexity index is 774. The van der Waals surface area contributed by atoms with Crippen LogP contribution in [0.25, 0.3) is 11.2 Å². The molecular formula is C15H16FN5O. The third-order valence-corrected chi connectivity index (χ3v) is 3.43. The Kier molecular flexibility index (Phi) is 3.97. The van der Waals surface area contributed by atoms with Crippen molar-refractivity contribution < 1.29 is 9.13 Å². The van der Waals surface area contributed by atoms with Gasteiger partial charge >= 0.3 is 6.08 Å². The van der Waals surface area contributed by atoms with Crippen LogP contribution in [0, 0.1) is 6.08 Å². The number of nitrogens with one attached hydrogen (secondary N) is 1. The number of imidazole rings is 1. The first-order valence-corrected chi connectivity index (χ1v) is 6.89. The molecule has 0 fully saturated rings. The minimum atomic E-state index is -0.798. The zero-order chi connectivity index (χ0) is 15.5. The number of ether oxygens (including phenoxy) is 1. The highest BCUT2D eigenvalue weighted by Crippen LogP contribution is 2.22. The summed E-state index contributed by atoms with van der Waals surface area (Å²) in [6.07, 6.45) is 0.482. The Morgan fingerprint density at radius 3 is 2.77 bits per heavy atom. The van der Waals surface area contributed by atoms with Crippen LogP contribution in [0.1, 0.15) is 18.7 Å². The highest BCUT2D eigenvalue weighted by atomic mass is 19.1. The Labute approximate surface area is 127 Å². The fourth-order valence-corrected chi connectivity index (χ4v) is 2.17. The molecule has 0 aliphatic heterocycles. The van der Waals surface area contributed by atoms with Gasteiger partial charge in [0.1, 0.15) is 6.23 Å². The molecule has 114 valence electrons. The maximum Gasteiger partial charge on any atom is 0.312 e. The van der Waals surface area contributed by atoms with Crippen LogP contribution in [0.4, 0.5) is 10.2 Å². The minimum absolute atomic E-state index is 0.290. The maximum atomic E-state index is 13.7. The molecule has 0 aliphatic rings. The summed E-state index contributed by atoms with van der Waals surface area (Å²) in [5.41, 5.74) is 1.98. The summed E-state index contributed by atoms with van der Waals surface area (Å²) < 4.78 is 20.6. The maximum absolute atomic E-state index is 13.7. The van der Waals surface area contributed by atoms with Crippen molar-refractivity contribution in [1.82, 2.24) is 19.5 Å². The lowest BCUT2D eigenvalue weighted by Crippen LogP contribution is -2.09. The second-order valence-corrected chi connectivity index (χ2v) is 4.84. The number of rotatable bonds is 5. The van der Waals surface area contributed by atoms with E-state index in [0.29, 0.717) is 23.5 Å². The summed E-state index contributed by atoms with van der Waals surface area (Å²) in [6, 6.07) is 9.80. The third kappa shape index (κ3) is 2.75. The van der Waals surface area contributed by atoms with Gasteiger partial charge in [-0.15, -0.1) is 0 Å². The predicted molar refractivity (Wildman–Crippen MR) is 80.8 cm³/mol. The molecule has 1 atom stereocenters. The molecule has 1 N–H and O–H groups in total. The molecule has 0 saturated carbocycles. The van der Waals surface area contributed by atoms with Gasteiger partial charge in [-0.25, -0.2) is 4.98 Å². The number of hydrogen-bond acceptors (Lipinski definition) is 5. The van der Waals surface area contributed by atoms with E-state index in [4.69, 9.17) is 4.74 Å². The normalized spacial score (nSPS) is 12.5. The van der Waals surface area contributed by atoms with Crippen molar-refractivity contribution >= 4 is 17.0 Å². The van der Waals surface area contributed by atoms with Crippen LogP contribution in [0.5, 0.6) is 0 Å². The number of benzene rings is 1. The lowest BCUT2D eigenvalue weighted by Gasteiger charge is -2.11. The van der Waals surface area contributed by atoms with Crippen LogP contribution < -0.4 is 5.32 Å². The van der Waals surface area contributed by atoms with Gasteiger partial charge in [0.25, 0.3) is 0 Å². The van der Waals surface area contributed by atoms with Crippen molar-refractivity contribution in [2.24, 2.45) is 0 Å². The Hall–Kier alpha value is -2.54. The van der Waals surface area contributed by atoms with Crippen molar-refractivity contribution in [1.29, 1.82) is 0 Å². The average Bonchev–Trinajstić information content (AvgIpc) is 2.96. The van der Waals surface area contributed by atoms with Gasteiger partial charge in [-0.05, 0) is 12.5 Å². The molecule has 6 nitrogen and oxygen atoms in total. The first kappa shape index (κ1) is 14.4. The predicted octanol–water partition coefficient (Wildman–Crippen LogP) is 2.74. The molecule has 1 unspecified atom stereocenters. The lowest BCUT2D eigenvalue weighted by molar-refractivity contribution is 0.0632. The number of fused-ring (bicyclic) bond motifs is 1. The van der Waals surface area contributed by atoms with Crippen molar-refractivity contribution in [3.8, 4) is 0 Å². The van der Waals surface area contributed by atoms with Crippen LogP contribution in [0.3, 0.4) is 0 Å². The zero-order valence-electron chi connectivity index (χ0n) is 12.3. The van der Waals surface area contributed by atoms with Gasteiger partial charge in [-0.2, -0.15) is 14.4 Å². The molecule has 1 aromatic carbocycles. The van der Waals surface area contributed by atoms with Crippen molar-refractivity contribution in [3.05, 3.63) is 48.3 Å². The van der Waals surface area contributed by atoms with Gasteiger partial charge in [0.15, 0.2) is 17.0 Å². The van der Waals surface area contributed by atoms with Gasteiger partial charge in [-0.1, -0.05) is 30.3 Å². The monoisotopic (exact) mass is 301 g/mol. The summed E-state index contributed by atoms with van der Waals surface area (Å²) >= 11 is 0. The third-order valence-electron chi connectivity index (χ3n) is 3.43. The highest BCUT2D eigenvalue weighted by Gasteiger charge is 2.16. The van der Waals surface area contributed by atoms with Crippen LogP contribution in [0.2, 0.25) is 0 Å². The van der Waals surface area contributed by atoms with E-state index in [1.54, 1.807) is 18.0 Å². The minimum Gasteiger partial charge on any atom is -0.364 e. The summed E-state index contributed by atoms with van der Waals surface area (Å²) in [5, 5.41) is 3.11. The highest BCUT2D eigenvalue weighted by molar-refractivity contribution is 5.82. The molecule has 3 aromatic rings. The van der Waals surface area contributed by atoms with Crippen LogP contribution in [0.15, 0.2) is 36.7 Å². The first-order chi connectivity index (χ1) is 10.7. The number of methoxy groups -OCH3 is 1. The lowest BCUT2D eigenvalue weighted by atomic mass is 10.2. The Morgan fingerprint density at radius 1 is 1.27 bits per heavy atom. The smallest absolute Gasteiger partial charge is 0.312 e. The van der Waals surface area contributed by atoms with Gasteiger partial charge in [0, 0.05) is 13.7 Å². The fraction of sp³-hybridized carbons (Fsp3) is 0.267. The van der Waals surface area contributed by atoms with Gasteiger partial charge in [0.2, 0.25) is 0 Å². The zero-order valence-corrected chi connectivity index (χ0v) is 12.3. The van der Waals surface area contributed by atoms with Crippen LogP contribution in [-0.2, 0) is 11.3 Å². The Balaban J connectivity index is 1.94. The topological polar surface area (TPSA) is 64.9 Å². The summed E-state index contributed by atoms with van der Waals surface area (Å²) in [5.74, 6) is 0.369. The van der Waals surface area contributed by atoms with Gasteiger partial charge in [-0.3, -0.25) is 4.57 Å². The molecule has 0 radical (unpaired) electrons. The van der Waals surface area contributed by atoms with E-state index >= 15 is 0 Å². The largest absolute Gasteiger partial charge is 0.364 e. The number of anilines is 1. The molecule has 2 heterocycles. The quantitative estimate of drug-likeness (QED) is 0.734. The van der Waals surface area contributed by atoms with E-state index in [2.05, 4.69) is 20.3 Å². The van der Waals surface area contributed by atoms with Gasteiger partial charge < -0.3 is 10.1 Å². The number of nitrogens with zero attached hydrogens (tertiary/aromatic N) is 4. The molecule has 22 heavy (non-hydrogen) atoms. The first-order valence-electron chi connectivity index (χ1n) is 6.89. The second kappa shape index (κ2) is 6.07. The van der Waals surface area contributed by atoms with Crippen molar-refractivity contribution in [3.63, 3.8) is 0 Å². The SMILES string of the molecule is COC(C)n1cnc2c(NCc3ccccc3)nc(F)nc21. The summed E-state index contributed by atoms with van der Waals surface area (Å²) in [4.78, 5) is 11.9. The molecule has 0 spiro atoms. The van der Waals surface area contributed by atoms with Crippen molar-refractivity contribution in [2.45, 2.75) is 19.7 Å². The Morgan fingerprint density at radius 2 is 2.05 bits per heavy atom. The van der Waals surface area contributed by atoms with E-state index in [0.717, 1.165) is 5.56 Å². The molecule has 0 saturated heterocycles. The molecule has 0 aliphatic carbocycles. The molecular weight excluding hydrogens is 285 g/mol. The standard InChI is InChI=1S/C15H16FN5O/c1-10(22-2)21-9-18-12-13(19-15(16)20-14(12)21)17-8-11-6-4-3-5-7-11/h3-7,9-10H,8H2,1-2H3,(H,17,19,20). The fourth-order valence-electron chi connectivity index (χ4n) is 2.17. The summed E-state index contributed by atoms with van der Waals surface area (Å²) in [6.45, 7) is 2.36. The number of hydrogen-bond donors (Lipinski definition) is 1. The second-order valence-electron chi connectivity index (χ2n) is 4.84. The van der Waals surface area contributed by atoms with E-state index in [-0.39, 0.29) is 6.23 Å². The van der Waals surface area contributed by atoms with Crippen LogP contribution >= 0.6 is 0 Å². The van der Waals surface area contributed by atoms with E-state index in [1.807, 2.05) is 37.3 Å². The number of halogens is 1. The van der Waals surface area contributed by atoms with Gasteiger partial charge in [0.05, 0.1) is 6.33 Å². The van der Waals surface area contributed by atoms with Crippen LogP contribution in [-0.4, -0.2) is 26.6 Å². The van der Waals surface area contributed by atoms with E-state index in [9.17, 15) is 4.39 Å². The van der Waals surface area contributed by atoms with E-state index < -0.39 is 6.08 Å². The molecule has 3 rings (SSSR count). The molecule has 0 bridgehead atoms. The van der Waals surface area contributed by atoms with E-state index in [1.165, 1.54) is 0 Å². The molecule has 2 aromatic heterocycles. The molecule has 7 heteroatoms. The average molecular weight is 301 g/mol. The van der Waals surface area contributed by atoms with Crippen molar-refractivity contribution in [2.75, 3.05) is 12.4 Å². The number of aromatic nitrogens is 4. The molecule has 0 amide bonds.